The summed E-state index contributed by atoms with van der Waals surface area (Å²) in [5.74, 6) is 0. The summed E-state index contributed by atoms with van der Waals surface area (Å²) in [5, 5.41) is 20.6. The van der Waals surface area contributed by atoms with Crippen LogP contribution < -0.4 is 5.73 Å². The molecule has 1 aliphatic rings. The molecule has 1 unspecified atom stereocenters. The molecule has 0 aromatic heterocycles. The zero-order valence-corrected chi connectivity index (χ0v) is 11.6. The number of nitro groups is 1. The molecule has 1 aromatic rings. The van der Waals surface area contributed by atoms with Crippen molar-refractivity contribution in [2.45, 2.75) is 23.8 Å². The smallest absolute Gasteiger partial charge is 0.270 e. The number of hydrogen-bond acceptors (Lipinski definition) is 6. The summed E-state index contributed by atoms with van der Waals surface area (Å²) in [5.41, 5.74) is 4.13. The first kappa shape index (κ1) is 14.7. The van der Waals surface area contributed by atoms with Gasteiger partial charge in [-0.1, -0.05) is 0 Å². The summed E-state index contributed by atoms with van der Waals surface area (Å²) in [7, 11) is -3.95. The highest BCUT2D eigenvalue weighted by Crippen LogP contribution is 2.31. The fourth-order valence-electron chi connectivity index (χ4n) is 2.11. The molecule has 8 nitrogen and oxygen atoms in total. The van der Waals surface area contributed by atoms with Crippen molar-refractivity contribution >= 4 is 21.4 Å². The lowest BCUT2D eigenvalue weighted by Gasteiger charge is -2.19. The fourth-order valence-corrected chi connectivity index (χ4v) is 3.80. The third-order valence-electron chi connectivity index (χ3n) is 3.24. The summed E-state index contributed by atoms with van der Waals surface area (Å²) in [6, 6.07) is 3.28. The van der Waals surface area contributed by atoms with Gasteiger partial charge in [-0.25, -0.2) is 8.42 Å². The van der Waals surface area contributed by atoms with Gasteiger partial charge in [-0.05, 0) is 19.4 Å². The Labute approximate surface area is 116 Å². The lowest BCUT2D eigenvalue weighted by Crippen LogP contribution is -2.34. The molecule has 1 saturated heterocycles. The van der Waals surface area contributed by atoms with Crippen molar-refractivity contribution in [1.29, 1.82) is 0 Å². The van der Waals surface area contributed by atoms with Crippen LogP contribution in [0, 0.1) is 10.1 Å². The van der Waals surface area contributed by atoms with Gasteiger partial charge in [0.15, 0.2) is 0 Å². The average molecular weight is 301 g/mol. The van der Waals surface area contributed by atoms with E-state index in [4.69, 9.17) is 5.73 Å². The average Bonchev–Trinajstić information content (AvgIpc) is 2.70. The van der Waals surface area contributed by atoms with Gasteiger partial charge in [0.05, 0.1) is 16.2 Å². The first-order valence-electron chi connectivity index (χ1n) is 5.90. The largest absolute Gasteiger partial charge is 0.398 e. The van der Waals surface area contributed by atoms with Crippen molar-refractivity contribution < 1.29 is 18.4 Å². The second kappa shape index (κ2) is 4.69. The molecule has 0 amide bonds. The maximum absolute atomic E-state index is 12.4. The number of nitrogen functional groups attached to an aromatic ring is 1. The first-order chi connectivity index (χ1) is 9.13. The molecular formula is C11H15N3O5S. The minimum Gasteiger partial charge on any atom is -0.398 e. The molecule has 3 N–H and O–H groups in total. The number of hydrogen-bond donors (Lipinski definition) is 2. The van der Waals surface area contributed by atoms with Crippen molar-refractivity contribution in [2.24, 2.45) is 0 Å². The third kappa shape index (κ3) is 2.60. The quantitative estimate of drug-likeness (QED) is 0.470. The van der Waals surface area contributed by atoms with Gasteiger partial charge >= 0.3 is 0 Å². The van der Waals surface area contributed by atoms with E-state index in [1.165, 1.54) is 6.07 Å². The van der Waals surface area contributed by atoms with E-state index in [9.17, 15) is 23.6 Å². The van der Waals surface area contributed by atoms with Gasteiger partial charge in [0.25, 0.3) is 5.69 Å². The van der Waals surface area contributed by atoms with E-state index in [1.54, 1.807) is 6.92 Å². The second-order valence-electron chi connectivity index (χ2n) is 5.06. The molecule has 1 heterocycles. The highest BCUT2D eigenvalue weighted by molar-refractivity contribution is 7.89. The zero-order valence-electron chi connectivity index (χ0n) is 10.8. The van der Waals surface area contributed by atoms with Crippen LogP contribution in [0.15, 0.2) is 23.1 Å². The molecule has 0 spiro atoms. The van der Waals surface area contributed by atoms with Gasteiger partial charge in [0.2, 0.25) is 10.0 Å². The fraction of sp³-hybridized carbons (Fsp3) is 0.455. The lowest BCUT2D eigenvalue weighted by molar-refractivity contribution is -0.385. The number of nitro benzene ring substituents is 1. The van der Waals surface area contributed by atoms with Crippen molar-refractivity contribution in [2.75, 3.05) is 18.8 Å². The number of benzene rings is 1. The number of nitrogens with two attached hydrogens (primary N) is 1. The second-order valence-corrected chi connectivity index (χ2v) is 6.97. The SMILES string of the molecule is CC1(O)CCN(S(=O)(=O)c2cc([N+](=O)[O-])ccc2N)C1. The van der Waals surface area contributed by atoms with Crippen LogP contribution in [0.1, 0.15) is 13.3 Å². The molecule has 1 atom stereocenters. The van der Waals surface area contributed by atoms with E-state index in [1.807, 2.05) is 0 Å². The minimum absolute atomic E-state index is 0.0536. The van der Waals surface area contributed by atoms with Crippen LogP contribution in [0.25, 0.3) is 0 Å². The van der Waals surface area contributed by atoms with E-state index >= 15 is 0 Å². The molecule has 9 heteroatoms. The molecule has 0 bridgehead atoms. The molecule has 1 aliphatic heterocycles. The van der Waals surface area contributed by atoms with E-state index < -0.39 is 20.5 Å². The molecule has 0 aliphatic carbocycles. The summed E-state index contributed by atoms with van der Waals surface area (Å²) in [6.45, 7) is 1.63. The standard InChI is InChI=1S/C11H15N3O5S/c1-11(15)4-5-13(7-11)20(18,19)10-6-8(14(16)17)2-3-9(10)12/h2-3,6,15H,4-5,7,12H2,1H3. The number of β-amino-alcohol motifs (C(OH)–C–C–N with tert-alkyl or cyclic N) is 1. The van der Waals surface area contributed by atoms with E-state index in [2.05, 4.69) is 0 Å². The van der Waals surface area contributed by atoms with Crippen molar-refractivity contribution in [1.82, 2.24) is 4.31 Å². The molecule has 1 fully saturated rings. The van der Waals surface area contributed by atoms with Crippen LogP contribution in [0.3, 0.4) is 0 Å². The van der Waals surface area contributed by atoms with Gasteiger partial charge < -0.3 is 10.8 Å². The Bertz CT molecular complexity index is 656. The Morgan fingerprint density at radius 2 is 2.15 bits per heavy atom. The molecule has 0 saturated carbocycles. The monoisotopic (exact) mass is 301 g/mol. The number of sulfonamides is 1. The number of non-ortho nitro benzene ring substituents is 1. The Balaban J connectivity index is 2.45. The first-order valence-corrected chi connectivity index (χ1v) is 7.34. The Kier molecular flexibility index (Phi) is 3.44. The minimum atomic E-state index is -3.95. The maximum atomic E-state index is 12.4. The van der Waals surface area contributed by atoms with Crippen molar-refractivity contribution in [3.63, 3.8) is 0 Å². The van der Waals surface area contributed by atoms with Crippen molar-refractivity contribution in [3.8, 4) is 0 Å². The van der Waals surface area contributed by atoms with Crippen LogP contribution in [0.2, 0.25) is 0 Å². The van der Waals surface area contributed by atoms with Crippen LogP contribution in [0.5, 0.6) is 0 Å². The predicted octanol–water partition coefficient (Wildman–Crippen LogP) is 0.322. The molecule has 110 valence electrons. The zero-order chi connectivity index (χ0) is 15.1. The predicted molar refractivity (Wildman–Crippen MR) is 71.5 cm³/mol. The van der Waals surface area contributed by atoms with Gasteiger partial charge in [0, 0.05) is 25.2 Å². The van der Waals surface area contributed by atoms with Gasteiger partial charge in [0.1, 0.15) is 4.90 Å². The van der Waals surface area contributed by atoms with Gasteiger partial charge in [-0.2, -0.15) is 4.31 Å². The summed E-state index contributed by atoms with van der Waals surface area (Å²) >= 11 is 0. The normalized spacial score (nSPS) is 23.9. The lowest BCUT2D eigenvalue weighted by atomic mass is 10.1. The van der Waals surface area contributed by atoms with Crippen LogP contribution in [-0.2, 0) is 10.0 Å². The summed E-state index contributed by atoms with van der Waals surface area (Å²) < 4.78 is 25.9. The molecule has 1 aromatic carbocycles. The Morgan fingerprint density at radius 3 is 2.65 bits per heavy atom. The molecular weight excluding hydrogens is 286 g/mol. The molecule has 20 heavy (non-hydrogen) atoms. The number of nitrogens with zero attached hydrogens (tertiary/aromatic N) is 2. The van der Waals surface area contributed by atoms with Crippen LogP contribution in [0.4, 0.5) is 11.4 Å². The third-order valence-corrected chi connectivity index (χ3v) is 5.14. The number of anilines is 1. The Hall–Kier alpha value is -1.71. The van der Waals surface area contributed by atoms with Crippen LogP contribution in [-0.4, -0.2) is 41.4 Å². The highest BCUT2D eigenvalue weighted by atomic mass is 32.2. The van der Waals surface area contributed by atoms with Gasteiger partial charge in [-0.3, -0.25) is 10.1 Å². The summed E-state index contributed by atoms with van der Waals surface area (Å²) in [6.07, 6.45) is 0.307. The van der Waals surface area contributed by atoms with E-state index in [0.717, 1.165) is 16.4 Å². The summed E-state index contributed by atoms with van der Waals surface area (Å²) in [4.78, 5) is 9.75. The molecule has 0 radical (unpaired) electrons. The van der Waals surface area contributed by atoms with Crippen molar-refractivity contribution in [3.05, 3.63) is 28.3 Å². The number of aliphatic hydroxyl groups is 1. The topological polar surface area (TPSA) is 127 Å². The maximum Gasteiger partial charge on any atom is 0.270 e. The van der Waals surface area contributed by atoms with E-state index in [-0.39, 0.29) is 29.4 Å². The molecule has 2 rings (SSSR count). The highest BCUT2D eigenvalue weighted by Gasteiger charge is 2.39. The Morgan fingerprint density at radius 1 is 1.50 bits per heavy atom. The van der Waals surface area contributed by atoms with E-state index in [0.29, 0.717) is 6.42 Å². The van der Waals surface area contributed by atoms with Crippen LogP contribution >= 0.6 is 0 Å². The van der Waals surface area contributed by atoms with Gasteiger partial charge in [-0.15, -0.1) is 0 Å². The number of rotatable bonds is 3.